The molecule has 1 aromatic heterocycles. The average Bonchev–Trinajstić information content (AvgIpc) is 2.18. The molecule has 0 amide bonds. The van der Waals surface area contributed by atoms with Gasteiger partial charge in [-0.2, -0.15) is 9.97 Å². The van der Waals surface area contributed by atoms with Crippen LogP contribution in [-0.4, -0.2) is 28.2 Å². The number of rotatable bonds is 1. The van der Waals surface area contributed by atoms with Gasteiger partial charge in [0, 0.05) is 0 Å². The molecule has 14 heavy (non-hydrogen) atoms. The molecule has 6 nitrogen and oxygen atoms in total. The Bertz CT molecular complexity index is 428. The van der Waals surface area contributed by atoms with Crippen molar-refractivity contribution in [2.45, 2.75) is 0 Å². The van der Waals surface area contributed by atoms with Gasteiger partial charge in [-0.25, -0.2) is 0 Å². The lowest BCUT2D eigenvalue weighted by Crippen LogP contribution is -2.11. The minimum absolute atomic E-state index is 0.173. The number of nitrogens with zero attached hydrogens (tertiary/aromatic N) is 2. The summed E-state index contributed by atoms with van der Waals surface area (Å²) in [5.74, 6) is 1.12. The molecule has 3 N–H and O–H groups in total. The Morgan fingerprint density at radius 2 is 2.29 bits per heavy atom. The van der Waals surface area contributed by atoms with E-state index in [9.17, 15) is 0 Å². The molecule has 0 bridgehead atoms. The quantitative estimate of drug-likeness (QED) is 0.658. The minimum Gasteiger partial charge on any atom is -0.494 e. The van der Waals surface area contributed by atoms with Crippen molar-refractivity contribution in [3.8, 4) is 0 Å². The lowest BCUT2D eigenvalue weighted by Gasteiger charge is -2.14. The number of H-pyrrole nitrogens is 1. The molecule has 0 radical (unpaired) electrons. The van der Waals surface area contributed by atoms with Crippen molar-refractivity contribution >= 4 is 23.9 Å². The highest BCUT2D eigenvalue weighted by Gasteiger charge is 2.10. The van der Waals surface area contributed by atoms with Crippen molar-refractivity contribution in [3.63, 3.8) is 0 Å². The molecule has 74 valence electrons. The molecule has 7 heteroatoms. The zero-order valence-corrected chi connectivity index (χ0v) is 8.00. The Balaban J connectivity index is 2.40. The van der Waals surface area contributed by atoms with Crippen molar-refractivity contribution in [2.24, 2.45) is 0 Å². The number of aromatic nitrogens is 3. The summed E-state index contributed by atoms with van der Waals surface area (Å²) in [5.41, 5.74) is 5.47. The number of ether oxygens (including phenoxy) is 2. The van der Waals surface area contributed by atoms with Gasteiger partial charge in [-0.1, -0.05) is 0 Å². The van der Waals surface area contributed by atoms with Crippen LogP contribution in [0.15, 0.2) is 6.26 Å². The Labute approximate surface area is 84.8 Å². The topological polar surface area (TPSA) is 86.1 Å². The minimum atomic E-state index is 0.173. The van der Waals surface area contributed by atoms with Gasteiger partial charge in [0.25, 0.3) is 0 Å². The molecule has 0 saturated heterocycles. The third kappa shape index (κ3) is 1.82. The van der Waals surface area contributed by atoms with Gasteiger partial charge in [-0.15, -0.1) is 0 Å². The maximum atomic E-state index is 5.47. The van der Waals surface area contributed by atoms with Crippen molar-refractivity contribution in [1.82, 2.24) is 15.0 Å². The largest absolute Gasteiger partial charge is 0.494 e. The Morgan fingerprint density at radius 3 is 2.93 bits per heavy atom. The first-order valence-electron chi connectivity index (χ1n) is 3.94. The maximum absolute atomic E-state index is 5.47. The highest BCUT2D eigenvalue weighted by atomic mass is 32.1. The highest BCUT2D eigenvalue weighted by Crippen LogP contribution is 2.14. The number of aromatic amines is 1. The van der Waals surface area contributed by atoms with E-state index in [0.717, 1.165) is 0 Å². The van der Waals surface area contributed by atoms with Gasteiger partial charge in [0.1, 0.15) is 19.5 Å². The van der Waals surface area contributed by atoms with Crippen molar-refractivity contribution in [2.75, 3.05) is 18.9 Å². The van der Waals surface area contributed by atoms with Gasteiger partial charge in [0.2, 0.25) is 10.7 Å². The molecule has 0 fully saturated rings. The van der Waals surface area contributed by atoms with E-state index in [-0.39, 0.29) is 10.7 Å². The van der Waals surface area contributed by atoms with E-state index in [2.05, 4.69) is 15.0 Å². The molecule has 0 spiro atoms. The van der Waals surface area contributed by atoms with E-state index in [1.807, 2.05) is 0 Å². The molecule has 1 aromatic rings. The summed E-state index contributed by atoms with van der Waals surface area (Å²) in [4.78, 5) is 10.4. The van der Waals surface area contributed by atoms with Crippen molar-refractivity contribution in [3.05, 3.63) is 16.9 Å². The van der Waals surface area contributed by atoms with Crippen LogP contribution in [-0.2, 0) is 9.47 Å². The first-order chi connectivity index (χ1) is 6.75. The summed E-state index contributed by atoms with van der Waals surface area (Å²) >= 11 is 4.81. The van der Waals surface area contributed by atoms with E-state index in [1.165, 1.54) is 6.26 Å². The van der Waals surface area contributed by atoms with E-state index in [4.69, 9.17) is 27.4 Å². The van der Waals surface area contributed by atoms with Crippen LogP contribution in [0, 0.1) is 4.77 Å². The predicted molar refractivity (Wildman–Crippen MR) is 51.5 cm³/mol. The summed E-state index contributed by atoms with van der Waals surface area (Å²) in [6.07, 6.45) is 1.47. The molecule has 0 atom stereocenters. The van der Waals surface area contributed by atoms with Crippen molar-refractivity contribution in [1.29, 1.82) is 0 Å². The van der Waals surface area contributed by atoms with E-state index < -0.39 is 0 Å². The van der Waals surface area contributed by atoms with Gasteiger partial charge in [-0.05, 0) is 12.2 Å². The zero-order valence-electron chi connectivity index (χ0n) is 7.19. The average molecular weight is 212 g/mol. The molecule has 0 aromatic carbocycles. The van der Waals surface area contributed by atoms with Crippen LogP contribution in [0.25, 0.3) is 5.76 Å². The molecule has 0 saturated carbocycles. The van der Waals surface area contributed by atoms with Gasteiger partial charge in [-0.3, -0.25) is 0 Å². The Hall–Kier alpha value is -1.63. The number of anilines is 1. The summed E-state index contributed by atoms with van der Waals surface area (Å²) in [6.45, 7) is 1.02. The van der Waals surface area contributed by atoms with Gasteiger partial charge in [0.05, 0.1) is 0 Å². The van der Waals surface area contributed by atoms with Crippen LogP contribution in [0.2, 0.25) is 0 Å². The second-order valence-corrected chi connectivity index (χ2v) is 2.93. The number of nitrogens with one attached hydrogen (secondary N) is 1. The third-order valence-corrected chi connectivity index (χ3v) is 1.74. The van der Waals surface area contributed by atoms with Crippen molar-refractivity contribution < 1.29 is 9.47 Å². The molecule has 1 aliphatic rings. The molecule has 0 unspecified atom stereocenters. The second-order valence-electron chi connectivity index (χ2n) is 2.57. The van der Waals surface area contributed by atoms with Crippen LogP contribution in [0.1, 0.15) is 5.82 Å². The summed E-state index contributed by atoms with van der Waals surface area (Å²) in [5, 5.41) is 0. The number of nitrogens with two attached hydrogens (primary N) is 1. The molecular weight excluding hydrogens is 204 g/mol. The lowest BCUT2D eigenvalue weighted by atomic mass is 10.5. The first-order valence-corrected chi connectivity index (χ1v) is 4.35. The smallest absolute Gasteiger partial charge is 0.224 e. The molecule has 1 aliphatic heterocycles. The van der Waals surface area contributed by atoms with Crippen LogP contribution >= 0.6 is 12.2 Å². The predicted octanol–water partition coefficient (Wildman–Crippen LogP) is 0.462. The normalized spacial score (nSPS) is 15.3. The van der Waals surface area contributed by atoms with Crippen LogP contribution in [0.4, 0.5) is 5.95 Å². The maximum Gasteiger partial charge on any atom is 0.224 e. The standard InChI is InChI=1S/C7H8N4O2S/c8-6-9-5(10-7(14)11-6)4-3-12-1-2-13-4/h3H,1-2H2,(H3,8,9,10,11,14). The fourth-order valence-electron chi connectivity index (χ4n) is 1.01. The highest BCUT2D eigenvalue weighted by molar-refractivity contribution is 7.71. The fourth-order valence-corrected chi connectivity index (χ4v) is 1.20. The summed E-state index contributed by atoms with van der Waals surface area (Å²) in [6, 6.07) is 0. The summed E-state index contributed by atoms with van der Waals surface area (Å²) < 4.78 is 10.5. The third-order valence-electron chi connectivity index (χ3n) is 1.55. The fraction of sp³-hybridized carbons (Fsp3) is 0.286. The second kappa shape index (κ2) is 3.62. The van der Waals surface area contributed by atoms with Crippen LogP contribution in [0.3, 0.4) is 0 Å². The molecule has 2 heterocycles. The Kier molecular flexibility index (Phi) is 2.32. The number of hydrogen-bond donors (Lipinski definition) is 2. The monoisotopic (exact) mass is 212 g/mol. The van der Waals surface area contributed by atoms with E-state index in [0.29, 0.717) is 24.8 Å². The van der Waals surface area contributed by atoms with Crippen LogP contribution < -0.4 is 5.73 Å². The van der Waals surface area contributed by atoms with E-state index >= 15 is 0 Å². The molecule has 0 aliphatic carbocycles. The number of hydrogen-bond acceptors (Lipinski definition) is 6. The molecule has 2 rings (SSSR count). The zero-order chi connectivity index (χ0) is 9.97. The van der Waals surface area contributed by atoms with Gasteiger partial charge < -0.3 is 20.2 Å². The SMILES string of the molecule is Nc1nc(=S)nc(C2=COCCO2)[nH]1. The number of nitrogen functional groups attached to an aromatic ring is 1. The van der Waals surface area contributed by atoms with E-state index in [1.54, 1.807) is 0 Å². The summed E-state index contributed by atoms with van der Waals surface area (Å²) in [7, 11) is 0. The molecular formula is C7H8N4O2S. The van der Waals surface area contributed by atoms with Gasteiger partial charge >= 0.3 is 0 Å². The van der Waals surface area contributed by atoms with Crippen LogP contribution in [0.5, 0.6) is 0 Å². The first kappa shape index (κ1) is 8.95. The Morgan fingerprint density at radius 1 is 1.43 bits per heavy atom. The van der Waals surface area contributed by atoms with Gasteiger partial charge in [0.15, 0.2) is 11.6 Å². The lowest BCUT2D eigenvalue weighted by molar-refractivity contribution is 0.124.